The zero-order chi connectivity index (χ0) is 15.9. The number of aryl methyl sites for hydroxylation is 1. The Morgan fingerprint density at radius 2 is 1.82 bits per heavy atom. The van der Waals surface area contributed by atoms with Crippen molar-refractivity contribution in [3.05, 3.63) is 59.7 Å². The Kier molecular flexibility index (Phi) is 5.42. The van der Waals surface area contributed by atoms with Gasteiger partial charge in [0.15, 0.2) is 0 Å². The first-order valence-corrected chi connectivity index (χ1v) is 7.23. The molecule has 2 aromatic rings. The highest BCUT2D eigenvalue weighted by atomic mass is 16.5. The predicted molar refractivity (Wildman–Crippen MR) is 86.6 cm³/mol. The standard InChI is InChI=1S/C18H21NO3/c1-13-8-10-15(11-9-13)22-12-14(2)19-18(20)16-6-4-5-7-17(16)21-3/h4-11,14H,12H2,1-3H3,(H,19,20)/t14-/m1/s1. The van der Waals surface area contributed by atoms with Gasteiger partial charge in [0.1, 0.15) is 18.1 Å². The molecule has 0 unspecified atom stereocenters. The van der Waals surface area contributed by atoms with Crippen molar-refractivity contribution in [1.82, 2.24) is 5.32 Å². The third kappa shape index (κ3) is 4.25. The molecule has 0 aromatic heterocycles. The second-order valence-electron chi connectivity index (χ2n) is 5.20. The van der Waals surface area contributed by atoms with Crippen LogP contribution in [-0.2, 0) is 0 Å². The van der Waals surface area contributed by atoms with Gasteiger partial charge in [-0.05, 0) is 38.1 Å². The summed E-state index contributed by atoms with van der Waals surface area (Å²) in [7, 11) is 1.55. The Morgan fingerprint density at radius 1 is 1.14 bits per heavy atom. The lowest BCUT2D eigenvalue weighted by molar-refractivity contribution is 0.0923. The molecule has 0 saturated carbocycles. The van der Waals surface area contributed by atoms with Gasteiger partial charge in [0.25, 0.3) is 5.91 Å². The van der Waals surface area contributed by atoms with E-state index in [1.54, 1.807) is 19.2 Å². The van der Waals surface area contributed by atoms with Crippen LogP contribution in [0.2, 0.25) is 0 Å². The van der Waals surface area contributed by atoms with E-state index in [9.17, 15) is 4.79 Å². The van der Waals surface area contributed by atoms with Crippen LogP contribution in [0.4, 0.5) is 0 Å². The van der Waals surface area contributed by atoms with Crippen LogP contribution < -0.4 is 14.8 Å². The summed E-state index contributed by atoms with van der Waals surface area (Å²) in [6.45, 7) is 4.34. The minimum atomic E-state index is -0.169. The summed E-state index contributed by atoms with van der Waals surface area (Å²) in [6, 6.07) is 14.9. The highest BCUT2D eigenvalue weighted by molar-refractivity contribution is 5.97. The lowest BCUT2D eigenvalue weighted by atomic mass is 10.2. The van der Waals surface area contributed by atoms with Crippen molar-refractivity contribution in [2.75, 3.05) is 13.7 Å². The molecule has 4 heteroatoms. The number of benzene rings is 2. The Morgan fingerprint density at radius 3 is 2.50 bits per heavy atom. The zero-order valence-electron chi connectivity index (χ0n) is 13.1. The molecule has 2 rings (SSSR count). The van der Waals surface area contributed by atoms with Crippen molar-refractivity contribution >= 4 is 5.91 Å². The second-order valence-corrected chi connectivity index (χ2v) is 5.20. The van der Waals surface area contributed by atoms with E-state index in [0.717, 1.165) is 5.75 Å². The molecule has 1 N–H and O–H groups in total. The van der Waals surface area contributed by atoms with Gasteiger partial charge in [-0.1, -0.05) is 29.8 Å². The van der Waals surface area contributed by atoms with Crippen LogP contribution in [0.1, 0.15) is 22.8 Å². The summed E-state index contributed by atoms with van der Waals surface area (Å²) in [5.41, 5.74) is 1.71. The van der Waals surface area contributed by atoms with E-state index in [2.05, 4.69) is 5.32 Å². The number of rotatable bonds is 6. The van der Waals surface area contributed by atoms with E-state index >= 15 is 0 Å². The van der Waals surface area contributed by atoms with Crippen LogP contribution in [0.5, 0.6) is 11.5 Å². The van der Waals surface area contributed by atoms with Crippen molar-refractivity contribution in [2.24, 2.45) is 0 Å². The summed E-state index contributed by atoms with van der Waals surface area (Å²) in [6.07, 6.45) is 0. The molecule has 116 valence electrons. The van der Waals surface area contributed by atoms with Crippen LogP contribution in [-0.4, -0.2) is 25.7 Å². The third-order valence-electron chi connectivity index (χ3n) is 3.25. The first-order valence-electron chi connectivity index (χ1n) is 7.23. The van der Waals surface area contributed by atoms with Gasteiger partial charge < -0.3 is 14.8 Å². The van der Waals surface area contributed by atoms with Crippen LogP contribution in [0, 0.1) is 6.92 Å². The van der Waals surface area contributed by atoms with Gasteiger partial charge in [-0.15, -0.1) is 0 Å². The fraction of sp³-hybridized carbons (Fsp3) is 0.278. The number of carbonyl (C=O) groups is 1. The molecule has 0 heterocycles. The first-order chi connectivity index (χ1) is 10.6. The zero-order valence-corrected chi connectivity index (χ0v) is 13.1. The molecule has 2 aromatic carbocycles. The van der Waals surface area contributed by atoms with E-state index in [-0.39, 0.29) is 11.9 Å². The Labute approximate surface area is 131 Å². The second kappa shape index (κ2) is 7.50. The van der Waals surface area contributed by atoms with Gasteiger partial charge in [-0.25, -0.2) is 0 Å². The predicted octanol–water partition coefficient (Wildman–Crippen LogP) is 3.20. The number of hydrogen-bond donors (Lipinski definition) is 1. The lowest BCUT2D eigenvalue weighted by Crippen LogP contribution is -2.36. The number of hydrogen-bond acceptors (Lipinski definition) is 3. The quantitative estimate of drug-likeness (QED) is 0.891. The number of carbonyl (C=O) groups excluding carboxylic acids is 1. The summed E-state index contributed by atoms with van der Waals surface area (Å²) >= 11 is 0. The topological polar surface area (TPSA) is 47.6 Å². The fourth-order valence-corrected chi connectivity index (χ4v) is 2.03. The minimum Gasteiger partial charge on any atom is -0.496 e. The maximum atomic E-state index is 12.2. The van der Waals surface area contributed by atoms with Gasteiger partial charge in [0, 0.05) is 0 Å². The Balaban J connectivity index is 1.89. The fourth-order valence-electron chi connectivity index (χ4n) is 2.03. The molecule has 0 bridgehead atoms. The molecular formula is C18H21NO3. The van der Waals surface area contributed by atoms with E-state index in [0.29, 0.717) is 17.9 Å². The molecular weight excluding hydrogens is 278 g/mol. The Bertz CT molecular complexity index is 622. The smallest absolute Gasteiger partial charge is 0.255 e. The summed E-state index contributed by atoms with van der Waals surface area (Å²) in [5, 5.41) is 2.91. The Hall–Kier alpha value is -2.49. The monoisotopic (exact) mass is 299 g/mol. The third-order valence-corrected chi connectivity index (χ3v) is 3.25. The molecule has 0 aliphatic heterocycles. The summed E-state index contributed by atoms with van der Waals surface area (Å²) < 4.78 is 10.9. The first kappa shape index (κ1) is 15.9. The van der Waals surface area contributed by atoms with E-state index in [1.807, 2.05) is 50.2 Å². The van der Waals surface area contributed by atoms with Gasteiger partial charge in [-0.3, -0.25) is 4.79 Å². The van der Waals surface area contributed by atoms with Crippen LogP contribution in [0.3, 0.4) is 0 Å². The SMILES string of the molecule is COc1ccccc1C(=O)N[C@H](C)COc1ccc(C)cc1. The molecule has 0 aliphatic carbocycles. The molecule has 4 nitrogen and oxygen atoms in total. The number of para-hydroxylation sites is 1. The highest BCUT2D eigenvalue weighted by Gasteiger charge is 2.14. The van der Waals surface area contributed by atoms with Gasteiger partial charge >= 0.3 is 0 Å². The average Bonchev–Trinajstić information content (AvgIpc) is 2.54. The number of amides is 1. The molecule has 0 radical (unpaired) electrons. The van der Waals surface area contributed by atoms with Crippen molar-refractivity contribution < 1.29 is 14.3 Å². The molecule has 0 spiro atoms. The van der Waals surface area contributed by atoms with Gasteiger partial charge in [-0.2, -0.15) is 0 Å². The number of nitrogens with one attached hydrogen (secondary N) is 1. The van der Waals surface area contributed by atoms with Crippen molar-refractivity contribution in [1.29, 1.82) is 0 Å². The molecule has 22 heavy (non-hydrogen) atoms. The van der Waals surface area contributed by atoms with Crippen LogP contribution >= 0.6 is 0 Å². The van der Waals surface area contributed by atoms with E-state index in [1.165, 1.54) is 5.56 Å². The number of ether oxygens (including phenoxy) is 2. The maximum Gasteiger partial charge on any atom is 0.255 e. The largest absolute Gasteiger partial charge is 0.496 e. The molecule has 0 aliphatic rings. The van der Waals surface area contributed by atoms with Gasteiger partial charge in [0.05, 0.1) is 18.7 Å². The van der Waals surface area contributed by atoms with Crippen LogP contribution in [0.25, 0.3) is 0 Å². The van der Waals surface area contributed by atoms with Gasteiger partial charge in [0.2, 0.25) is 0 Å². The molecule has 1 atom stereocenters. The van der Waals surface area contributed by atoms with E-state index in [4.69, 9.17) is 9.47 Å². The highest BCUT2D eigenvalue weighted by Crippen LogP contribution is 2.17. The van der Waals surface area contributed by atoms with Crippen LogP contribution in [0.15, 0.2) is 48.5 Å². The summed E-state index contributed by atoms with van der Waals surface area (Å²) in [4.78, 5) is 12.2. The maximum absolute atomic E-state index is 12.2. The number of methoxy groups -OCH3 is 1. The van der Waals surface area contributed by atoms with Crippen molar-refractivity contribution in [2.45, 2.75) is 19.9 Å². The van der Waals surface area contributed by atoms with E-state index < -0.39 is 0 Å². The minimum absolute atomic E-state index is 0.112. The van der Waals surface area contributed by atoms with Crippen molar-refractivity contribution in [3.63, 3.8) is 0 Å². The summed E-state index contributed by atoms with van der Waals surface area (Å²) in [5.74, 6) is 1.19. The average molecular weight is 299 g/mol. The molecule has 0 saturated heterocycles. The lowest BCUT2D eigenvalue weighted by Gasteiger charge is -2.16. The van der Waals surface area contributed by atoms with Crippen molar-refractivity contribution in [3.8, 4) is 11.5 Å². The normalized spacial score (nSPS) is 11.6. The molecule has 1 amide bonds. The molecule has 0 fully saturated rings.